The van der Waals surface area contributed by atoms with Crippen molar-refractivity contribution in [2.75, 3.05) is 0 Å². The molecule has 0 aliphatic carbocycles. The van der Waals surface area contributed by atoms with Crippen LogP contribution in [0.2, 0.25) is 0 Å². The van der Waals surface area contributed by atoms with Crippen molar-refractivity contribution in [2.45, 2.75) is 59.7 Å². The maximum atomic E-state index is 14.2. The lowest BCUT2D eigenvalue weighted by atomic mass is 9.12. The molecule has 6 aromatic carbocycles. The molecule has 0 atom stereocenters. The fourth-order valence-corrected chi connectivity index (χ4v) is 9.19. The number of pyridine rings is 1. The summed E-state index contributed by atoms with van der Waals surface area (Å²) in [5.41, 5.74) is -28.4. The molecule has 0 aliphatic heterocycles. The second-order valence-corrected chi connectivity index (χ2v) is 19.4. The summed E-state index contributed by atoms with van der Waals surface area (Å²) in [5, 5.41) is 2.01. The monoisotopic (exact) mass is 1200 g/mol. The molecular formula is C49H25BCl3F24N. The van der Waals surface area contributed by atoms with Crippen molar-refractivity contribution in [2.24, 2.45) is 0 Å². The molecule has 0 radical (unpaired) electrons. The van der Waals surface area contributed by atoms with E-state index in [0.29, 0.717) is 12.2 Å². The smallest absolute Gasteiger partial charge is 0.194 e. The van der Waals surface area contributed by atoms with Gasteiger partial charge in [-0.25, -0.2) is 0 Å². The van der Waals surface area contributed by atoms with Crippen LogP contribution in [0.15, 0.2) is 140 Å². The molecule has 0 spiro atoms. The van der Waals surface area contributed by atoms with E-state index >= 15 is 0 Å². The number of hydrogen-bond donors (Lipinski definition) is 0. The number of hydrogen-bond acceptors (Lipinski definition) is 0. The van der Waals surface area contributed by atoms with E-state index in [-0.39, 0.29) is 0 Å². The van der Waals surface area contributed by atoms with Crippen LogP contribution in [0.4, 0.5) is 105 Å². The standard InChI is InChI=1S/C32H12BF24.C17H13Cl3N/c34-25(35,36)13-1-14(26(37,38)39)6-21(5-13)33(22-7-15(27(40,41)42)2-16(8-22)28(43,44)45,23-9-17(29(46,47)48)3-18(10-23)30(49,50)51)24-11-19(31(52,53)54)4-20(12-24)32(55,56)57;18-17(19,20)16-15-9-5-4-8-14(15)10-11-21(16)12-13-6-2-1-3-7-13/h1-12H;1-11H,12H2/q-1;+1. The summed E-state index contributed by atoms with van der Waals surface area (Å²) in [6.45, 7) is 0.662. The lowest BCUT2D eigenvalue weighted by Gasteiger charge is -2.46. The van der Waals surface area contributed by atoms with Crippen molar-refractivity contribution in [3.63, 3.8) is 0 Å². The summed E-state index contributed by atoms with van der Waals surface area (Å²) < 4.78 is 341. The van der Waals surface area contributed by atoms with Crippen LogP contribution < -0.4 is 26.4 Å². The minimum Gasteiger partial charge on any atom is -0.194 e. The molecule has 0 amide bonds. The first kappa shape index (κ1) is 61.2. The van der Waals surface area contributed by atoms with Gasteiger partial charge < -0.3 is 0 Å². The van der Waals surface area contributed by atoms with E-state index in [1.807, 2.05) is 59.3 Å². The zero-order valence-corrected chi connectivity index (χ0v) is 40.0. The van der Waals surface area contributed by atoms with Gasteiger partial charge in [0.05, 0.1) is 49.9 Å². The minimum atomic E-state index is -6.13. The number of aromatic nitrogens is 1. The molecule has 0 saturated heterocycles. The number of alkyl halides is 27. The Morgan fingerprint density at radius 3 is 0.833 bits per heavy atom. The van der Waals surface area contributed by atoms with Gasteiger partial charge in [-0.2, -0.15) is 132 Å². The highest BCUT2D eigenvalue weighted by atomic mass is 35.6. The lowest BCUT2D eigenvalue weighted by Crippen LogP contribution is -2.75. The molecule has 0 aliphatic rings. The predicted molar refractivity (Wildman–Crippen MR) is 239 cm³/mol. The van der Waals surface area contributed by atoms with E-state index < -0.39 is 199 Å². The first-order valence-electron chi connectivity index (χ1n) is 21.2. The first-order chi connectivity index (χ1) is 35.3. The normalized spacial score (nSPS) is 13.6. The zero-order valence-electron chi connectivity index (χ0n) is 37.7. The highest BCUT2D eigenvalue weighted by molar-refractivity contribution is 7.20. The van der Waals surface area contributed by atoms with Gasteiger partial charge in [0, 0.05) is 11.6 Å². The molecule has 29 heteroatoms. The molecule has 0 bridgehead atoms. The molecule has 7 aromatic rings. The van der Waals surface area contributed by atoms with E-state index in [2.05, 4.69) is 12.1 Å². The van der Waals surface area contributed by atoms with Gasteiger partial charge in [0.15, 0.2) is 12.7 Å². The van der Waals surface area contributed by atoms with Crippen molar-refractivity contribution in [1.82, 2.24) is 0 Å². The van der Waals surface area contributed by atoms with Crippen molar-refractivity contribution in [1.29, 1.82) is 0 Å². The Morgan fingerprint density at radius 2 is 0.577 bits per heavy atom. The maximum Gasteiger partial charge on any atom is 0.416 e. The summed E-state index contributed by atoms with van der Waals surface area (Å²) in [6, 6.07) is 11.3. The molecule has 0 saturated carbocycles. The molecule has 1 nitrogen and oxygen atoms in total. The van der Waals surface area contributed by atoms with Crippen LogP contribution in [-0.2, 0) is 59.7 Å². The third-order valence-electron chi connectivity index (χ3n) is 11.8. The predicted octanol–water partition coefficient (Wildman–Crippen LogP) is 16.2. The van der Waals surface area contributed by atoms with Gasteiger partial charge in [0.2, 0.25) is 5.69 Å². The molecule has 78 heavy (non-hydrogen) atoms. The summed E-state index contributed by atoms with van der Waals surface area (Å²) in [7, 11) is 0. The van der Waals surface area contributed by atoms with Crippen LogP contribution in [0.25, 0.3) is 10.8 Å². The zero-order chi connectivity index (χ0) is 58.8. The van der Waals surface area contributed by atoms with Gasteiger partial charge >= 0.3 is 49.4 Å². The number of rotatable bonds is 6. The maximum absolute atomic E-state index is 14.2. The van der Waals surface area contributed by atoms with Crippen molar-refractivity contribution in [3.8, 4) is 0 Å². The Kier molecular flexibility index (Phi) is 16.4. The van der Waals surface area contributed by atoms with Crippen LogP contribution in [0.1, 0.15) is 55.8 Å². The van der Waals surface area contributed by atoms with Crippen molar-refractivity contribution >= 4 is 73.6 Å². The fraction of sp³-hybridized carbons (Fsp3) is 0.204. The van der Waals surface area contributed by atoms with Gasteiger partial charge in [-0.15, -0.1) is 0 Å². The van der Waals surface area contributed by atoms with Crippen LogP contribution in [0, 0.1) is 0 Å². The van der Waals surface area contributed by atoms with E-state index in [4.69, 9.17) is 34.8 Å². The van der Waals surface area contributed by atoms with Gasteiger partial charge in [-0.3, -0.25) is 0 Å². The third kappa shape index (κ3) is 13.7. The highest BCUT2D eigenvalue weighted by Gasteiger charge is 2.47. The van der Waals surface area contributed by atoms with Crippen LogP contribution in [0.5, 0.6) is 0 Å². The number of fused-ring (bicyclic) bond motifs is 1. The van der Waals surface area contributed by atoms with E-state index in [1.165, 1.54) is 0 Å². The molecule has 1 heterocycles. The molecule has 1 aromatic heterocycles. The topological polar surface area (TPSA) is 3.88 Å². The molecular weight excluding hydrogens is 1180 g/mol. The fourth-order valence-electron chi connectivity index (χ4n) is 8.56. The second kappa shape index (κ2) is 20.9. The van der Waals surface area contributed by atoms with Gasteiger partial charge in [-0.1, -0.05) is 132 Å². The SMILES string of the molecule is ClC(Cl)(Cl)c1c2ccccc2cc[n+]1Cc1ccccc1.FC(F)(F)c1cc([B-](c2cc(C(F)(F)F)cc(C(F)(F)F)c2)(c2cc(C(F)(F)F)cc(C(F)(F)F)c2)c2cc(C(F)(F)F)cc(C(F)(F)F)c2)cc(C(F)(F)F)c1. The highest BCUT2D eigenvalue weighted by Crippen LogP contribution is 2.43. The number of nitrogens with zero attached hydrogens (tertiary/aromatic N) is 1. The van der Waals surface area contributed by atoms with Gasteiger partial charge in [0.25, 0.3) is 3.79 Å². The Balaban J connectivity index is 0.000000387. The van der Waals surface area contributed by atoms with Crippen molar-refractivity contribution in [3.05, 3.63) is 195 Å². The quantitative estimate of drug-likeness (QED) is 0.0676. The molecule has 0 unspecified atom stereocenters. The number of halogens is 27. The largest absolute Gasteiger partial charge is 0.416 e. The third-order valence-corrected chi connectivity index (χ3v) is 12.4. The van der Waals surface area contributed by atoms with Gasteiger partial charge in [-0.05, 0) is 35.7 Å². The molecule has 0 fully saturated rings. The first-order valence-corrected chi connectivity index (χ1v) is 22.3. The van der Waals surface area contributed by atoms with E-state index in [0.717, 1.165) is 16.3 Å². The second-order valence-electron chi connectivity index (χ2n) is 17.1. The van der Waals surface area contributed by atoms with Crippen molar-refractivity contribution < 1.29 is 110 Å². The molecule has 7 rings (SSSR count). The summed E-state index contributed by atoms with van der Waals surface area (Å²) in [4.78, 5) is 0. The average Bonchev–Trinajstić information content (AvgIpc) is 3.29. The summed E-state index contributed by atoms with van der Waals surface area (Å²) >= 11 is 18.7. The Bertz CT molecular complexity index is 2870. The minimum absolute atomic E-state index is 0.662. The van der Waals surface area contributed by atoms with Crippen LogP contribution >= 0.6 is 34.8 Å². The van der Waals surface area contributed by atoms with E-state index in [1.54, 1.807) is 0 Å². The Hall–Kier alpha value is -6.02. The molecule has 418 valence electrons. The summed E-state index contributed by atoms with van der Waals surface area (Å²) in [5.74, 6) is 0. The molecule has 0 N–H and O–H groups in total. The van der Waals surface area contributed by atoms with Crippen LogP contribution in [-0.4, -0.2) is 6.15 Å². The average molecular weight is 1200 g/mol. The summed E-state index contributed by atoms with van der Waals surface area (Å²) in [6.07, 6.45) is -52.8. The Morgan fingerprint density at radius 1 is 0.321 bits per heavy atom. The van der Waals surface area contributed by atoms with Crippen LogP contribution in [0.3, 0.4) is 0 Å². The van der Waals surface area contributed by atoms with E-state index in [9.17, 15) is 105 Å². The lowest BCUT2D eigenvalue weighted by molar-refractivity contribution is -0.694. The van der Waals surface area contributed by atoms with Gasteiger partial charge in [0.1, 0.15) is 6.15 Å². The Labute approximate surface area is 437 Å². The number of benzene rings is 6.